The maximum absolute atomic E-state index is 3.59. The molecule has 1 aromatic rings. The summed E-state index contributed by atoms with van der Waals surface area (Å²) in [6, 6.07) is 8.62. The van der Waals surface area contributed by atoms with Gasteiger partial charge in [-0.25, -0.2) is 0 Å². The monoisotopic (exact) mass is 335 g/mol. The Morgan fingerprint density at radius 1 is 1.30 bits per heavy atom. The minimum Gasteiger partial charge on any atom is -0.313 e. The molecule has 0 spiro atoms. The molecule has 0 radical (unpaired) electrons. The van der Waals surface area contributed by atoms with Crippen LogP contribution < -0.4 is 5.32 Å². The first-order chi connectivity index (χ1) is 9.79. The van der Waals surface area contributed by atoms with Gasteiger partial charge in [0.05, 0.1) is 0 Å². The predicted molar refractivity (Wildman–Crippen MR) is 91.9 cm³/mol. The molecule has 1 nitrogen and oxygen atoms in total. The van der Waals surface area contributed by atoms with Crippen molar-refractivity contribution < 1.29 is 0 Å². The molecular formula is C18H26BrN. The molecule has 1 N–H and O–H groups in total. The summed E-state index contributed by atoms with van der Waals surface area (Å²) >= 11 is 3.57. The van der Waals surface area contributed by atoms with E-state index in [9.17, 15) is 0 Å². The fourth-order valence-electron chi connectivity index (χ4n) is 3.01. The second kappa shape index (κ2) is 8.63. The molecule has 2 heteroatoms. The van der Waals surface area contributed by atoms with Crippen LogP contribution in [-0.2, 0) is 0 Å². The summed E-state index contributed by atoms with van der Waals surface area (Å²) in [5.74, 6) is 0.784. The van der Waals surface area contributed by atoms with Gasteiger partial charge >= 0.3 is 0 Å². The summed E-state index contributed by atoms with van der Waals surface area (Å²) in [5, 5.41) is 3.59. The molecule has 110 valence electrons. The highest BCUT2D eigenvalue weighted by molar-refractivity contribution is 9.10. The quantitative estimate of drug-likeness (QED) is 0.685. The van der Waals surface area contributed by atoms with E-state index in [-0.39, 0.29) is 0 Å². The molecule has 2 rings (SSSR count). The molecule has 0 aliphatic heterocycles. The molecule has 1 fully saturated rings. The Kier molecular flexibility index (Phi) is 6.81. The zero-order valence-electron chi connectivity index (χ0n) is 12.5. The number of benzene rings is 1. The molecule has 0 heterocycles. The summed E-state index contributed by atoms with van der Waals surface area (Å²) in [5.41, 5.74) is 2.91. The van der Waals surface area contributed by atoms with Crippen molar-refractivity contribution in [1.82, 2.24) is 5.32 Å². The van der Waals surface area contributed by atoms with Gasteiger partial charge in [-0.05, 0) is 49.4 Å². The molecule has 1 aromatic carbocycles. The van der Waals surface area contributed by atoms with Gasteiger partial charge in [-0.3, -0.25) is 0 Å². The van der Waals surface area contributed by atoms with Crippen molar-refractivity contribution >= 4 is 22.0 Å². The van der Waals surface area contributed by atoms with Gasteiger partial charge in [-0.15, -0.1) is 0 Å². The van der Waals surface area contributed by atoms with Crippen LogP contribution >= 0.6 is 15.9 Å². The molecule has 0 atom stereocenters. The number of hydrogen-bond donors (Lipinski definition) is 1. The lowest BCUT2D eigenvalue weighted by Gasteiger charge is -2.25. The van der Waals surface area contributed by atoms with Gasteiger partial charge in [0.15, 0.2) is 0 Å². The SMILES string of the molecule is CCCNC/C(=C/c1cccc(Br)c1)C1CCCCC1. The average Bonchev–Trinajstić information content (AvgIpc) is 2.47. The highest BCUT2D eigenvalue weighted by Crippen LogP contribution is 2.30. The van der Waals surface area contributed by atoms with Crippen molar-refractivity contribution in [2.75, 3.05) is 13.1 Å². The van der Waals surface area contributed by atoms with Crippen molar-refractivity contribution in [3.05, 3.63) is 39.9 Å². The van der Waals surface area contributed by atoms with Gasteiger partial charge in [0.1, 0.15) is 0 Å². The third kappa shape index (κ3) is 5.06. The van der Waals surface area contributed by atoms with E-state index in [2.05, 4.69) is 58.5 Å². The van der Waals surface area contributed by atoms with Crippen molar-refractivity contribution in [3.63, 3.8) is 0 Å². The smallest absolute Gasteiger partial charge is 0.0181 e. The van der Waals surface area contributed by atoms with Gasteiger partial charge < -0.3 is 5.32 Å². The Hall–Kier alpha value is -0.600. The zero-order valence-corrected chi connectivity index (χ0v) is 14.1. The molecule has 1 aliphatic carbocycles. The third-order valence-electron chi connectivity index (χ3n) is 4.09. The van der Waals surface area contributed by atoms with Crippen LogP contribution in [0.25, 0.3) is 6.08 Å². The minimum atomic E-state index is 0.784. The lowest BCUT2D eigenvalue weighted by Crippen LogP contribution is -2.23. The van der Waals surface area contributed by atoms with E-state index in [0.29, 0.717) is 0 Å². The molecule has 0 saturated heterocycles. The van der Waals surface area contributed by atoms with E-state index in [1.54, 1.807) is 5.57 Å². The van der Waals surface area contributed by atoms with Crippen molar-refractivity contribution in [2.45, 2.75) is 45.4 Å². The number of halogens is 1. The summed E-state index contributed by atoms with van der Waals surface area (Å²) in [6.07, 6.45) is 10.6. The van der Waals surface area contributed by atoms with Gasteiger partial charge in [0, 0.05) is 11.0 Å². The largest absolute Gasteiger partial charge is 0.313 e. The van der Waals surface area contributed by atoms with Crippen molar-refractivity contribution in [1.29, 1.82) is 0 Å². The fraction of sp³-hybridized carbons (Fsp3) is 0.556. The first-order valence-corrected chi connectivity index (χ1v) is 8.75. The zero-order chi connectivity index (χ0) is 14.2. The van der Waals surface area contributed by atoms with E-state index in [1.807, 2.05) is 0 Å². The first kappa shape index (κ1) is 15.8. The average molecular weight is 336 g/mol. The molecule has 0 amide bonds. The summed E-state index contributed by atoms with van der Waals surface area (Å²) in [6.45, 7) is 4.39. The van der Waals surface area contributed by atoms with Crippen LogP contribution in [0.4, 0.5) is 0 Å². The maximum Gasteiger partial charge on any atom is 0.0181 e. The van der Waals surface area contributed by atoms with Gasteiger partial charge in [0.2, 0.25) is 0 Å². The standard InChI is InChI=1S/C18H26BrN/c1-2-11-20-14-17(16-8-4-3-5-9-16)12-15-7-6-10-18(19)13-15/h6-7,10,12-13,16,20H,2-5,8-9,11,14H2,1H3/b17-12-. The van der Waals surface area contributed by atoms with Crippen LogP contribution in [0.15, 0.2) is 34.3 Å². The molecule has 1 aliphatic rings. The highest BCUT2D eigenvalue weighted by atomic mass is 79.9. The highest BCUT2D eigenvalue weighted by Gasteiger charge is 2.17. The number of rotatable bonds is 6. The molecule has 0 unspecified atom stereocenters. The van der Waals surface area contributed by atoms with Gasteiger partial charge in [-0.1, -0.05) is 65.9 Å². The summed E-state index contributed by atoms with van der Waals surface area (Å²) in [4.78, 5) is 0. The Morgan fingerprint density at radius 3 is 2.80 bits per heavy atom. The Balaban J connectivity index is 2.11. The van der Waals surface area contributed by atoms with E-state index in [0.717, 1.165) is 23.5 Å². The summed E-state index contributed by atoms with van der Waals surface area (Å²) < 4.78 is 1.16. The van der Waals surface area contributed by atoms with Crippen LogP contribution in [0.1, 0.15) is 51.0 Å². The molecule has 20 heavy (non-hydrogen) atoms. The van der Waals surface area contributed by atoms with E-state index >= 15 is 0 Å². The van der Waals surface area contributed by atoms with E-state index in [1.165, 1.54) is 44.1 Å². The van der Waals surface area contributed by atoms with E-state index in [4.69, 9.17) is 0 Å². The predicted octanol–water partition coefficient (Wildman–Crippen LogP) is 5.41. The number of nitrogens with one attached hydrogen (secondary N) is 1. The van der Waals surface area contributed by atoms with Crippen LogP contribution in [0, 0.1) is 5.92 Å². The molecule has 1 saturated carbocycles. The Bertz CT molecular complexity index is 433. The van der Waals surface area contributed by atoms with Crippen LogP contribution in [0.2, 0.25) is 0 Å². The first-order valence-electron chi connectivity index (χ1n) is 7.96. The fourth-order valence-corrected chi connectivity index (χ4v) is 3.42. The minimum absolute atomic E-state index is 0.784. The lowest BCUT2D eigenvalue weighted by molar-refractivity contribution is 0.396. The second-order valence-corrected chi connectivity index (χ2v) is 6.70. The summed E-state index contributed by atoms with van der Waals surface area (Å²) in [7, 11) is 0. The van der Waals surface area contributed by atoms with Crippen molar-refractivity contribution in [3.8, 4) is 0 Å². The molecular weight excluding hydrogens is 310 g/mol. The maximum atomic E-state index is 3.59. The van der Waals surface area contributed by atoms with Gasteiger partial charge in [0.25, 0.3) is 0 Å². The second-order valence-electron chi connectivity index (χ2n) is 5.79. The normalized spacial score (nSPS) is 17.4. The van der Waals surface area contributed by atoms with Gasteiger partial charge in [-0.2, -0.15) is 0 Å². The molecule has 0 bridgehead atoms. The third-order valence-corrected chi connectivity index (χ3v) is 4.58. The lowest BCUT2D eigenvalue weighted by atomic mass is 9.83. The van der Waals surface area contributed by atoms with E-state index < -0.39 is 0 Å². The Morgan fingerprint density at radius 2 is 2.10 bits per heavy atom. The van der Waals surface area contributed by atoms with Crippen LogP contribution in [0.3, 0.4) is 0 Å². The topological polar surface area (TPSA) is 12.0 Å². The Labute approximate surface area is 132 Å². The van der Waals surface area contributed by atoms with Crippen LogP contribution in [0.5, 0.6) is 0 Å². The molecule has 0 aromatic heterocycles. The van der Waals surface area contributed by atoms with Crippen LogP contribution in [-0.4, -0.2) is 13.1 Å². The van der Waals surface area contributed by atoms with Crippen molar-refractivity contribution in [2.24, 2.45) is 5.92 Å². The number of hydrogen-bond acceptors (Lipinski definition) is 1.